The quantitative estimate of drug-likeness (QED) is 0.514. The average molecular weight is 261 g/mol. The summed E-state index contributed by atoms with van der Waals surface area (Å²) in [4.78, 5) is 1.58. The molecule has 0 aliphatic rings. The van der Waals surface area contributed by atoms with Gasteiger partial charge in [-0.05, 0) is 12.1 Å². The highest BCUT2D eigenvalue weighted by Crippen LogP contribution is 2.18. The molecule has 0 aromatic heterocycles. The Morgan fingerprint density at radius 3 is 2.05 bits per heavy atom. The first-order valence-electron chi connectivity index (χ1n) is 6.21. The van der Waals surface area contributed by atoms with Crippen LogP contribution in [0.15, 0.2) is 24.3 Å². The summed E-state index contributed by atoms with van der Waals surface area (Å²) >= 11 is 0. The van der Waals surface area contributed by atoms with Crippen LogP contribution in [0.5, 0.6) is 5.75 Å². The third kappa shape index (κ3) is 5.60. The molecule has 0 radical (unpaired) electrons. The Morgan fingerprint density at radius 2 is 1.55 bits per heavy atom. The zero-order chi connectivity index (χ0) is 14.6. The van der Waals surface area contributed by atoms with Gasteiger partial charge in [0.05, 0.1) is 5.69 Å². The van der Waals surface area contributed by atoms with Crippen molar-refractivity contribution in [3.8, 4) is 54.4 Å². The fourth-order valence-corrected chi connectivity index (χ4v) is 1.33. The molecule has 1 aromatic rings. The maximum Gasteiger partial charge on any atom is 0.117 e. The van der Waals surface area contributed by atoms with Crippen molar-refractivity contribution in [2.75, 3.05) is 4.90 Å². The van der Waals surface area contributed by atoms with E-state index in [0.29, 0.717) is 31.4 Å². The van der Waals surface area contributed by atoms with Gasteiger partial charge in [-0.15, -0.1) is 24.7 Å². The summed E-state index contributed by atoms with van der Waals surface area (Å²) in [5.41, 5.74) is 0.714. The maximum absolute atomic E-state index is 9.51. The highest BCUT2D eigenvalue weighted by atomic mass is 16.3. The molecule has 0 saturated heterocycles. The van der Waals surface area contributed by atoms with E-state index < -0.39 is 0 Å². The molecule has 0 aliphatic carbocycles. The summed E-state index contributed by atoms with van der Waals surface area (Å²) in [5.74, 6) is 11.1. The minimum absolute atomic E-state index is 0.170. The third-order valence-corrected chi connectivity index (χ3v) is 2.26. The number of anilines is 1. The van der Waals surface area contributed by atoms with Crippen LogP contribution in [0.4, 0.5) is 5.69 Å². The highest BCUT2D eigenvalue weighted by Gasteiger charge is 2.00. The number of benzene rings is 1. The first-order chi connectivity index (χ1) is 9.77. The van der Waals surface area contributed by atoms with E-state index in [9.17, 15) is 5.11 Å². The molecule has 0 atom stereocenters. The van der Waals surface area contributed by atoms with Crippen molar-refractivity contribution in [2.45, 2.75) is 25.7 Å². The van der Waals surface area contributed by atoms with Crippen LogP contribution >= 0.6 is 0 Å². The molecule has 0 aliphatic heterocycles. The summed E-state index contributed by atoms with van der Waals surface area (Å²) in [6, 6.07) is 12.6. The summed E-state index contributed by atoms with van der Waals surface area (Å²) in [7, 11) is 0. The van der Waals surface area contributed by atoms with Crippen molar-refractivity contribution in [1.29, 1.82) is 0 Å². The van der Waals surface area contributed by atoms with Crippen LogP contribution < -0.4 is 4.90 Å². The average Bonchev–Trinajstić information content (AvgIpc) is 2.45. The molecule has 1 N–H and O–H groups in total. The molecule has 0 saturated carbocycles. The minimum atomic E-state index is 0.170. The summed E-state index contributed by atoms with van der Waals surface area (Å²) in [6.45, 7) is 0. The molecule has 2 nitrogen and oxygen atoms in total. The van der Waals surface area contributed by atoms with Crippen LogP contribution in [0.25, 0.3) is 0 Å². The molecule has 0 spiro atoms. The van der Waals surface area contributed by atoms with Gasteiger partial charge >= 0.3 is 0 Å². The molecule has 0 fully saturated rings. The lowest BCUT2D eigenvalue weighted by atomic mass is 10.2. The van der Waals surface area contributed by atoms with Crippen LogP contribution in [0, 0.1) is 48.6 Å². The molecule has 0 bridgehead atoms. The predicted molar refractivity (Wildman–Crippen MR) is 82.3 cm³/mol. The number of nitrogens with zero attached hydrogens (tertiary/aromatic N) is 1. The SMILES string of the molecule is C#CCCC#CN(C#CCCC#C)c1cccc(O)c1. The number of aromatic hydroxyl groups is 1. The Bertz CT molecular complexity index is 602. The van der Waals surface area contributed by atoms with Gasteiger partial charge in [-0.25, -0.2) is 4.90 Å². The number of phenols is 1. The van der Waals surface area contributed by atoms with E-state index in [1.807, 2.05) is 6.07 Å². The monoisotopic (exact) mass is 261 g/mol. The molecule has 0 amide bonds. The largest absolute Gasteiger partial charge is 0.508 e. The van der Waals surface area contributed by atoms with E-state index in [-0.39, 0.29) is 5.75 Å². The number of phenolic OH excluding ortho intramolecular Hbond substituents is 1. The van der Waals surface area contributed by atoms with Gasteiger partial charge in [0.25, 0.3) is 0 Å². The number of rotatable bonds is 3. The molecule has 0 heterocycles. The van der Waals surface area contributed by atoms with E-state index >= 15 is 0 Å². The lowest BCUT2D eigenvalue weighted by molar-refractivity contribution is 0.475. The molecule has 1 rings (SSSR count). The van der Waals surface area contributed by atoms with Crippen LogP contribution in [0.1, 0.15) is 25.7 Å². The molecule has 0 unspecified atom stereocenters. The molecule has 98 valence electrons. The van der Waals surface area contributed by atoms with Crippen molar-refractivity contribution in [3.05, 3.63) is 24.3 Å². The van der Waals surface area contributed by atoms with Gasteiger partial charge in [-0.2, -0.15) is 0 Å². The van der Waals surface area contributed by atoms with E-state index in [1.54, 1.807) is 23.1 Å². The van der Waals surface area contributed by atoms with E-state index in [1.165, 1.54) is 0 Å². The highest BCUT2D eigenvalue weighted by molar-refractivity contribution is 5.59. The predicted octanol–water partition coefficient (Wildman–Crippen LogP) is 2.95. The second-order valence-corrected chi connectivity index (χ2v) is 3.84. The lowest BCUT2D eigenvalue weighted by Crippen LogP contribution is -2.08. The fourth-order valence-electron chi connectivity index (χ4n) is 1.33. The number of terminal acetylenes is 2. The van der Waals surface area contributed by atoms with E-state index in [0.717, 1.165) is 0 Å². The summed E-state index contributed by atoms with van der Waals surface area (Å²) in [6.07, 6.45) is 12.8. The topological polar surface area (TPSA) is 23.5 Å². The van der Waals surface area contributed by atoms with Crippen LogP contribution in [-0.4, -0.2) is 5.11 Å². The molecule has 2 heteroatoms. The van der Waals surface area contributed by atoms with Gasteiger partial charge in [0.1, 0.15) is 5.75 Å². The molecule has 20 heavy (non-hydrogen) atoms. The van der Waals surface area contributed by atoms with Gasteiger partial charge in [0.2, 0.25) is 0 Å². The molecular weight excluding hydrogens is 246 g/mol. The zero-order valence-corrected chi connectivity index (χ0v) is 11.2. The van der Waals surface area contributed by atoms with Crippen LogP contribution in [0.2, 0.25) is 0 Å². The van der Waals surface area contributed by atoms with Gasteiger partial charge in [0, 0.05) is 43.8 Å². The number of unbranched alkanes of at least 4 members (excludes halogenated alkanes) is 2. The van der Waals surface area contributed by atoms with Gasteiger partial charge < -0.3 is 5.11 Å². The number of hydrogen-bond donors (Lipinski definition) is 1. The van der Waals surface area contributed by atoms with Gasteiger partial charge in [-0.1, -0.05) is 17.9 Å². The summed E-state index contributed by atoms with van der Waals surface area (Å²) < 4.78 is 0. The zero-order valence-electron chi connectivity index (χ0n) is 11.2. The van der Waals surface area contributed by atoms with Gasteiger partial charge in [-0.3, -0.25) is 0 Å². The Kier molecular flexibility index (Phi) is 6.84. The standard InChI is InChI=1S/C18H15NO/c1-3-5-7-9-14-19(15-10-8-6-4-2)17-12-11-13-18(20)16-17/h1-2,11-13,16,20H,5-8H2. The van der Waals surface area contributed by atoms with Crippen LogP contribution in [-0.2, 0) is 0 Å². The smallest absolute Gasteiger partial charge is 0.117 e. The fraction of sp³-hybridized carbons (Fsp3) is 0.222. The Hall–Kier alpha value is -2.94. The van der Waals surface area contributed by atoms with Crippen molar-refractivity contribution in [2.24, 2.45) is 0 Å². The van der Waals surface area contributed by atoms with Gasteiger partial charge in [0.15, 0.2) is 0 Å². The molecule has 1 aromatic carbocycles. The second kappa shape index (κ2) is 9.05. The number of hydrogen-bond acceptors (Lipinski definition) is 2. The van der Waals surface area contributed by atoms with Crippen molar-refractivity contribution < 1.29 is 5.11 Å². The third-order valence-electron chi connectivity index (χ3n) is 2.26. The summed E-state index contributed by atoms with van der Waals surface area (Å²) in [5, 5.41) is 9.51. The van der Waals surface area contributed by atoms with E-state index in [2.05, 4.69) is 35.8 Å². The van der Waals surface area contributed by atoms with Crippen LogP contribution in [0.3, 0.4) is 0 Å². The minimum Gasteiger partial charge on any atom is -0.508 e. The maximum atomic E-state index is 9.51. The second-order valence-electron chi connectivity index (χ2n) is 3.84. The normalized spacial score (nSPS) is 8.10. The lowest BCUT2D eigenvalue weighted by Gasteiger charge is -2.09. The Labute approximate surface area is 120 Å². The molecular formula is C18H15NO. The van der Waals surface area contributed by atoms with Crippen molar-refractivity contribution in [1.82, 2.24) is 0 Å². The Balaban J connectivity index is 2.88. The van der Waals surface area contributed by atoms with Crippen molar-refractivity contribution in [3.63, 3.8) is 0 Å². The Morgan fingerprint density at radius 1 is 0.950 bits per heavy atom. The first-order valence-corrected chi connectivity index (χ1v) is 6.21. The van der Waals surface area contributed by atoms with E-state index in [4.69, 9.17) is 12.8 Å². The first kappa shape index (κ1) is 15.1. The van der Waals surface area contributed by atoms with Crippen molar-refractivity contribution >= 4 is 5.69 Å².